The first-order valence-electron chi connectivity index (χ1n) is 13.5. The molecule has 0 radical (unpaired) electrons. The van der Waals surface area contributed by atoms with Crippen LogP contribution in [0.15, 0.2) is 47.5 Å². The number of piperazine rings is 1. The average molecular weight is 545 g/mol. The van der Waals surface area contributed by atoms with E-state index in [0.717, 1.165) is 36.7 Å². The molecule has 6 nitrogen and oxygen atoms in total. The van der Waals surface area contributed by atoms with Crippen molar-refractivity contribution in [2.45, 2.75) is 71.0 Å². The molecule has 2 fully saturated rings. The van der Waals surface area contributed by atoms with E-state index in [4.69, 9.17) is 28.2 Å². The molecule has 0 spiro atoms. The highest BCUT2D eigenvalue weighted by atomic mass is 35.5. The lowest BCUT2D eigenvalue weighted by molar-refractivity contribution is 0.0954. The van der Waals surface area contributed by atoms with Crippen molar-refractivity contribution >= 4 is 40.8 Å². The molecule has 1 heterocycles. The number of halogens is 2. The fourth-order valence-electron chi connectivity index (χ4n) is 5.31. The Hall–Kier alpha value is -2.28. The lowest BCUT2D eigenvalue weighted by Gasteiger charge is -2.39. The molecule has 0 aromatic heterocycles. The molecule has 2 unspecified atom stereocenters. The molecule has 4 rings (SSSR count). The van der Waals surface area contributed by atoms with Crippen LogP contribution in [0.3, 0.4) is 0 Å². The first-order valence-corrected chi connectivity index (χ1v) is 14.2. The summed E-state index contributed by atoms with van der Waals surface area (Å²) in [4.78, 5) is 20.3. The SMILES string of the molecule is CC1CN(C(=N[C@@H]2CCCC[C@H]2C)Nc2ccc(C(=O)NCCc3ccc(Cl)cc3Cl)cc2)CC(C)N1. The molecule has 1 aliphatic carbocycles. The lowest BCUT2D eigenvalue weighted by Crippen LogP contribution is -2.57. The number of aliphatic imine (C=N–C) groups is 1. The van der Waals surface area contributed by atoms with E-state index in [1.807, 2.05) is 36.4 Å². The van der Waals surface area contributed by atoms with Crippen molar-refractivity contribution in [2.75, 3.05) is 25.0 Å². The van der Waals surface area contributed by atoms with Gasteiger partial charge in [0, 0.05) is 53.0 Å². The highest BCUT2D eigenvalue weighted by Crippen LogP contribution is 2.27. The van der Waals surface area contributed by atoms with Crippen molar-refractivity contribution in [1.82, 2.24) is 15.5 Å². The van der Waals surface area contributed by atoms with Gasteiger partial charge in [0.15, 0.2) is 5.96 Å². The van der Waals surface area contributed by atoms with Crippen molar-refractivity contribution in [3.63, 3.8) is 0 Å². The van der Waals surface area contributed by atoms with Crippen LogP contribution in [0.5, 0.6) is 0 Å². The van der Waals surface area contributed by atoms with Crippen LogP contribution >= 0.6 is 23.2 Å². The number of benzene rings is 2. The molecule has 1 amide bonds. The van der Waals surface area contributed by atoms with Gasteiger partial charge >= 0.3 is 0 Å². The van der Waals surface area contributed by atoms with Crippen molar-refractivity contribution in [2.24, 2.45) is 10.9 Å². The van der Waals surface area contributed by atoms with E-state index in [9.17, 15) is 4.79 Å². The van der Waals surface area contributed by atoms with Crippen molar-refractivity contribution in [1.29, 1.82) is 0 Å². The monoisotopic (exact) mass is 543 g/mol. The van der Waals surface area contributed by atoms with Crippen LogP contribution < -0.4 is 16.0 Å². The summed E-state index contributed by atoms with van der Waals surface area (Å²) in [6.45, 7) is 9.08. The van der Waals surface area contributed by atoms with Gasteiger partial charge in [-0.1, -0.05) is 49.0 Å². The summed E-state index contributed by atoms with van der Waals surface area (Å²) in [7, 11) is 0. The van der Waals surface area contributed by atoms with Gasteiger partial charge < -0.3 is 20.9 Å². The Labute approximate surface area is 231 Å². The third kappa shape index (κ3) is 7.86. The number of amides is 1. The topological polar surface area (TPSA) is 68.8 Å². The van der Waals surface area contributed by atoms with Gasteiger partial charge in [0.2, 0.25) is 0 Å². The van der Waals surface area contributed by atoms with E-state index < -0.39 is 0 Å². The zero-order valence-corrected chi connectivity index (χ0v) is 23.6. The summed E-state index contributed by atoms with van der Waals surface area (Å²) in [6.07, 6.45) is 5.57. The van der Waals surface area contributed by atoms with Crippen LogP contribution in [-0.4, -0.2) is 54.5 Å². The molecule has 8 heteroatoms. The Kier molecular flexibility index (Phi) is 9.74. The third-order valence-electron chi connectivity index (χ3n) is 7.31. The lowest BCUT2D eigenvalue weighted by atomic mass is 9.86. The molecule has 1 saturated carbocycles. The maximum atomic E-state index is 12.7. The van der Waals surface area contributed by atoms with Crippen LogP contribution in [0.1, 0.15) is 62.4 Å². The number of anilines is 1. The number of nitrogens with zero attached hydrogens (tertiary/aromatic N) is 2. The standard InChI is InChI=1S/C29H39Cl2N5O/c1-19-6-4-5-7-27(19)35-29(36-17-20(2)33-21(3)18-36)34-25-12-9-23(10-13-25)28(37)32-15-14-22-8-11-24(30)16-26(22)31/h8-13,16,19-21,27,33H,4-7,14-15,17-18H2,1-3H3,(H,32,37)(H,34,35)/t19-,20?,21?,27-/m1/s1. The second-order valence-corrected chi connectivity index (χ2v) is 11.4. The second-order valence-electron chi connectivity index (χ2n) is 10.6. The number of guanidine groups is 1. The summed E-state index contributed by atoms with van der Waals surface area (Å²) in [6, 6.07) is 14.2. The third-order valence-corrected chi connectivity index (χ3v) is 7.90. The van der Waals surface area contributed by atoms with Gasteiger partial charge in [-0.25, -0.2) is 4.99 Å². The average Bonchev–Trinajstić information content (AvgIpc) is 2.86. The molecule has 37 heavy (non-hydrogen) atoms. The van der Waals surface area contributed by atoms with Crippen LogP contribution in [0.25, 0.3) is 0 Å². The van der Waals surface area contributed by atoms with Gasteiger partial charge in [0.25, 0.3) is 5.91 Å². The first kappa shape index (κ1) is 27.7. The van der Waals surface area contributed by atoms with Gasteiger partial charge in [-0.3, -0.25) is 4.79 Å². The largest absolute Gasteiger partial charge is 0.352 e. The Morgan fingerprint density at radius 3 is 2.41 bits per heavy atom. The molecule has 0 bridgehead atoms. The zero-order chi connectivity index (χ0) is 26.4. The Morgan fingerprint density at radius 2 is 1.73 bits per heavy atom. The highest BCUT2D eigenvalue weighted by molar-refractivity contribution is 6.35. The van der Waals surface area contributed by atoms with Gasteiger partial charge in [0.1, 0.15) is 0 Å². The van der Waals surface area contributed by atoms with Gasteiger partial charge in [-0.15, -0.1) is 0 Å². The van der Waals surface area contributed by atoms with E-state index in [1.54, 1.807) is 6.07 Å². The Morgan fingerprint density at radius 1 is 1.03 bits per heavy atom. The van der Waals surface area contributed by atoms with Crippen LogP contribution in [0.2, 0.25) is 10.0 Å². The van der Waals surface area contributed by atoms with Gasteiger partial charge in [-0.2, -0.15) is 0 Å². The van der Waals surface area contributed by atoms with Gasteiger partial charge in [0.05, 0.1) is 6.04 Å². The minimum absolute atomic E-state index is 0.105. The highest BCUT2D eigenvalue weighted by Gasteiger charge is 2.27. The number of rotatable bonds is 6. The molecule has 3 N–H and O–H groups in total. The predicted molar refractivity (Wildman–Crippen MR) is 155 cm³/mol. The predicted octanol–water partition coefficient (Wildman–Crippen LogP) is 5.99. The number of hydrogen-bond donors (Lipinski definition) is 3. The van der Waals surface area contributed by atoms with E-state index in [0.29, 0.717) is 52.6 Å². The van der Waals surface area contributed by atoms with Gasteiger partial charge in [-0.05, 0) is 81.0 Å². The van der Waals surface area contributed by atoms with E-state index in [2.05, 4.69) is 41.6 Å². The fraction of sp³-hybridized carbons (Fsp3) is 0.517. The minimum Gasteiger partial charge on any atom is -0.352 e. The maximum absolute atomic E-state index is 12.7. The zero-order valence-electron chi connectivity index (χ0n) is 22.1. The number of hydrogen-bond acceptors (Lipinski definition) is 3. The summed E-state index contributed by atoms with van der Waals surface area (Å²) in [5.74, 6) is 1.43. The fourth-order valence-corrected chi connectivity index (χ4v) is 5.81. The number of carbonyl (C=O) groups excluding carboxylic acids is 1. The first-order chi connectivity index (χ1) is 17.8. The van der Waals surface area contributed by atoms with E-state index in [1.165, 1.54) is 19.3 Å². The van der Waals surface area contributed by atoms with Crippen molar-refractivity contribution in [3.8, 4) is 0 Å². The van der Waals surface area contributed by atoms with Crippen LogP contribution in [0, 0.1) is 5.92 Å². The molecule has 1 saturated heterocycles. The smallest absolute Gasteiger partial charge is 0.251 e. The Balaban J connectivity index is 1.40. The summed E-state index contributed by atoms with van der Waals surface area (Å²) in [5.41, 5.74) is 2.52. The molecular weight excluding hydrogens is 505 g/mol. The summed E-state index contributed by atoms with van der Waals surface area (Å²) < 4.78 is 0. The van der Waals surface area contributed by atoms with Crippen molar-refractivity contribution < 1.29 is 4.79 Å². The molecule has 2 aliphatic rings. The molecule has 1 aliphatic heterocycles. The molecule has 2 aromatic rings. The summed E-state index contributed by atoms with van der Waals surface area (Å²) in [5, 5.41) is 11.4. The van der Waals surface area contributed by atoms with Crippen LogP contribution in [-0.2, 0) is 6.42 Å². The number of carbonyl (C=O) groups is 1. The maximum Gasteiger partial charge on any atom is 0.251 e. The molecular formula is C29H39Cl2N5O. The van der Waals surface area contributed by atoms with E-state index >= 15 is 0 Å². The molecule has 200 valence electrons. The van der Waals surface area contributed by atoms with E-state index in [-0.39, 0.29) is 5.91 Å². The second kappa shape index (κ2) is 13.0. The normalized spacial score (nSPS) is 24.6. The van der Waals surface area contributed by atoms with Crippen LogP contribution in [0.4, 0.5) is 5.69 Å². The Bertz CT molecular complexity index is 1080. The quantitative estimate of drug-likeness (QED) is 0.309. The number of nitrogens with one attached hydrogen (secondary N) is 3. The molecule has 4 atom stereocenters. The minimum atomic E-state index is -0.105. The summed E-state index contributed by atoms with van der Waals surface area (Å²) >= 11 is 12.2. The molecule has 2 aromatic carbocycles. The van der Waals surface area contributed by atoms with Crippen molar-refractivity contribution in [3.05, 3.63) is 63.6 Å².